The van der Waals surface area contributed by atoms with Crippen LogP contribution in [0.4, 0.5) is 5.69 Å². The number of hydrogen-bond acceptors (Lipinski definition) is 3. The molecule has 0 fully saturated rings. The molecule has 2 N–H and O–H groups in total. The van der Waals surface area contributed by atoms with E-state index in [-0.39, 0.29) is 0 Å². The fourth-order valence-corrected chi connectivity index (χ4v) is 3.42. The molecule has 0 aliphatic rings. The minimum atomic E-state index is 0.321. The van der Waals surface area contributed by atoms with Crippen LogP contribution in [-0.4, -0.2) is 20.5 Å². The molecule has 3 nitrogen and oxygen atoms in total. The van der Waals surface area contributed by atoms with E-state index in [1.165, 1.54) is 9.13 Å². The summed E-state index contributed by atoms with van der Waals surface area (Å²) in [6, 6.07) is 4.13. The maximum absolute atomic E-state index is 5.91. The molecule has 0 radical (unpaired) electrons. The molecule has 0 saturated carbocycles. The fraction of sp³-hybridized carbons (Fsp3) is 0.455. The predicted octanol–water partition coefficient (Wildman–Crippen LogP) is 3.20. The van der Waals surface area contributed by atoms with Gasteiger partial charge in [0.2, 0.25) is 0 Å². The first kappa shape index (κ1) is 14.5. The second kappa shape index (κ2) is 6.97. The molecule has 0 spiro atoms. The maximum atomic E-state index is 5.91. The molecule has 0 aliphatic carbocycles. The van der Waals surface area contributed by atoms with Crippen LogP contribution < -0.4 is 5.73 Å². The van der Waals surface area contributed by atoms with Gasteiger partial charge < -0.3 is 15.2 Å². The van der Waals surface area contributed by atoms with Gasteiger partial charge in [-0.15, -0.1) is 0 Å². The fourth-order valence-electron chi connectivity index (χ4n) is 1.36. The van der Waals surface area contributed by atoms with Gasteiger partial charge in [0.05, 0.1) is 6.61 Å². The van der Waals surface area contributed by atoms with E-state index in [4.69, 9.17) is 15.2 Å². The summed E-state index contributed by atoms with van der Waals surface area (Å²) in [5, 5.41) is 0. The normalized spacial score (nSPS) is 12.8. The first-order chi connectivity index (χ1) is 7.56. The van der Waals surface area contributed by atoms with Crippen molar-refractivity contribution < 1.29 is 9.47 Å². The quantitative estimate of drug-likeness (QED) is 0.327. The third kappa shape index (κ3) is 4.01. The number of hydrogen-bond donors (Lipinski definition) is 1. The molecule has 1 rings (SSSR count). The molecule has 0 amide bonds. The topological polar surface area (TPSA) is 44.5 Å². The third-order valence-corrected chi connectivity index (χ3v) is 4.08. The van der Waals surface area contributed by atoms with E-state index >= 15 is 0 Å². The summed E-state index contributed by atoms with van der Waals surface area (Å²) < 4.78 is 12.5. The summed E-state index contributed by atoms with van der Waals surface area (Å²) in [6.45, 7) is 3.10. The lowest BCUT2D eigenvalue weighted by atomic mass is 10.0. The Morgan fingerprint density at radius 2 is 2.00 bits per heavy atom. The van der Waals surface area contributed by atoms with Crippen LogP contribution in [0.5, 0.6) is 0 Å². The van der Waals surface area contributed by atoms with Crippen molar-refractivity contribution in [3.05, 3.63) is 24.8 Å². The first-order valence-electron chi connectivity index (χ1n) is 4.87. The van der Waals surface area contributed by atoms with Crippen LogP contribution >= 0.6 is 45.2 Å². The summed E-state index contributed by atoms with van der Waals surface area (Å²) in [5.41, 5.74) is 7.97. The molecule has 0 heterocycles. The summed E-state index contributed by atoms with van der Waals surface area (Å²) in [4.78, 5) is 0. The van der Waals surface area contributed by atoms with E-state index in [9.17, 15) is 0 Å². The van der Waals surface area contributed by atoms with Crippen LogP contribution in [0, 0.1) is 7.14 Å². The molecule has 1 atom stereocenters. The number of ether oxygens (including phenoxy) is 2. The largest absolute Gasteiger partial charge is 0.398 e. The molecule has 0 aliphatic heterocycles. The standard InChI is InChI=1S/C11H15I2NO2/c1-7(5-16-6-15-2)8-3-11(14)10(13)4-9(8)12/h3-4,7H,5-6,14H2,1-2H3. The summed E-state index contributed by atoms with van der Waals surface area (Å²) in [7, 11) is 1.62. The van der Waals surface area contributed by atoms with Crippen LogP contribution in [0.3, 0.4) is 0 Å². The predicted molar refractivity (Wildman–Crippen MR) is 82.5 cm³/mol. The molecule has 1 unspecified atom stereocenters. The van der Waals surface area contributed by atoms with Gasteiger partial charge in [-0.05, 0) is 62.9 Å². The van der Waals surface area contributed by atoms with Crippen LogP contribution in [0.15, 0.2) is 12.1 Å². The maximum Gasteiger partial charge on any atom is 0.146 e. The Balaban J connectivity index is 2.75. The summed E-state index contributed by atoms with van der Waals surface area (Å²) in [6.07, 6.45) is 0. The minimum absolute atomic E-state index is 0.321. The van der Waals surface area contributed by atoms with Gasteiger partial charge in [0.15, 0.2) is 0 Å². The highest BCUT2D eigenvalue weighted by atomic mass is 127. The average Bonchev–Trinajstić information content (AvgIpc) is 2.23. The third-order valence-electron chi connectivity index (χ3n) is 2.22. The molecule has 5 heteroatoms. The zero-order valence-corrected chi connectivity index (χ0v) is 13.6. The number of rotatable bonds is 5. The molecule has 0 saturated heterocycles. The highest BCUT2D eigenvalue weighted by Crippen LogP contribution is 2.27. The molecule has 1 aromatic carbocycles. The Bertz CT molecular complexity index is 358. The van der Waals surface area contributed by atoms with Gasteiger partial charge in [-0.25, -0.2) is 0 Å². The van der Waals surface area contributed by atoms with Crippen molar-refractivity contribution in [2.24, 2.45) is 0 Å². The van der Waals surface area contributed by atoms with E-state index in [2.05, 4.69) is 58.2 Å². The molecule has 0 aromatic heterocycles. The van der Waals surface area contributed by atoms with Crippen molar-refractivity contribution in [1.82, 2.24) is 0 Å². The highest BCUT2D eigenvalue weighted by molar-refractivity contribution is 14.1. The van der Waals surface area contributed by atoms with E-state index in [0.717, 1.165) is 9.26 Å². The average molecular weight is 447 g/mol. The van der Waals surface area contributed by atoms with E-state index < -0.39 is 0 Å². The lowest BCUT2D eigenvalue weighted by Gasteiger charge is -2.15. The molecule has 0 bridgehead atoms. The number of nitrogens with two attached hydrogens (primary N) is 1. The van der Waals surface area contributed by atoms with Crippen molar-refractivity contribution in [3.63, 3.8) is 0 Å². The first-order valence-corrected chi connectivity index (χ1v) is 7.03. The van der Waals surface area contributed by atoms with Gasteiger partial charge in [-0.3, -0.25) is 0 Å². The van der Waals surface area contributed by atoms with Gasteiger partial charge >= 0.3 is 0 Å². The van der Waals surface area contributed by atoms with Crippen molar-refractivity contribution in [3.8, 4) is 0 Å². The number of nitrogen functional groups attached to an aromatic ring is 1. The second-order valence-electron chi connectivity index (χ2n) is 3.57. The molecule has 90 valence electrons. The van der Waals surface area contributed by atoms with Gasteiger partial charge in [0.1, 0.15) is 6.79 Å². The van der Waals surface area contributed by atoms with Crippen LogP contribution in [0.1, 0.15) is 18.4 Å². The summed E-state index contributed by atoms with van der Waals surface area (Å²) >= 11 is 4.58. The second-order valence-corrected chi connectivity index (χ2v) is 5.90. The van der Waals surface area contributed by atoms with Crippen molar-refractivity contribution >= 4 is 50.9 Å². The SMILES string of the molecule is COCOCC(C)c1cc(N)c(I)cc1I. The molecular formula is C11H15I2NO2. The summed E-state index contributed by atoms with van der Waals surface area (Å²) in [5.74, 6) is 0.321. The molecular weight excluding hydrogens is 432 g/mol. The Morgan fingerprint density at radius 1 is 1.31 bits per heavy atom. The van der Waals surface area contributed by atoms with E-state index in [1.807, 2.05) is 6.07 Å². The Kier molecular flexibility index (Phi) is 6.30. The highest BCUT2D eigenvalue weighted by Gasteiger charge is 2.11. The van der Waals surface area contributed by atoms with Gasteiger partial charge in [0.25, 0.3) is 0 Å². The Hall–Kier alpha value is 0.400. The molecule has 1 aromatic rings. The number of halogens is 2. The number of anilines is 1. The van der Waals surface area contributed by atoms with Crippen LogP contribution in [0.2, 0.25) is 0 Å². The van der Waals surface area contributed by atoms with E-state index in [1.54, 1.807) is 7.11 Å². The minimum Gasteiger partial charge on any atom is -0.398 e. The van der Waals surface area contributed by atoms with Gasteiger partial charge in [0, 0.05) is 25.9 Å². The van der Waals surface area contributed by atoms with E-state index in [0.29, 0.717) is 19.3 Å². The smallest absolute Gasteiger partial charge is 0.146 e. The molecule has 16 heavy (non-hydrogen) atoms. The Morgan fingerprint density at radius 3 is 2.62 bits per heavy atom. The Labute approximate surface area is 123 Å². The zero-order chi connectivity index (χ0) is 12.1. The van der Waals surface area contributed by atoms with Crippen molar-refractivity contribution in [2.75, 3.05) is 26.2 Å². The van der Waals surface area contributed by atoms with Crippen LogP contribution in [-0.2, 0) is 9.47 Å². The lowest BCUT2D eigenvalue weighted by molar-refractivity contribution is -0.0344. The lowest BCUT2D eigenvalue weighted by Crippen LogP contribution is -2.08. The van der Waals surface area contributed by atoms with Crippen molar-refractivity contribution in [1.29, 1.82) is 0 Å². The van der Waals surface area contributed by atoms with Crippen LogP contribution in [0.25, 0.3) is 0 Å². The monoisotopic (exact) mass is 447 g/mol. The van der Waals surface area contributed by atoms with Gasteiger partial charge in [-0.2, -0.15) is 0 Å². The van der Waals surface area contributed by atoms with Gasteiger partial charge in [-0.1, -0.05) is 6.92 Å². The zero-order valence-electron chi connectivity index (χ0n) is 9.30. The number of benzene rings is 1. The number of methoxy groups -OCH3 is 1. The van der Waals surface area contributed by atoms with Crippen molar-refractivity contribution in [2.45, 2.75) is 12.8 Å².